The van der Waals surface area contributed by atoms with Crippen LogP contribution in [-0.4, -0.2) is 37.1 Å². The van der Waals surface area contributed by atoms with Gasteiger partial charge in [0.15, 0.2) is 0 Å². The van der Waals surface area contributed by atoms with Crippen LogP contribution in [0.1, 0.15) is 34.1 Å². The maximum atomic E-state index is 11.8. The predicted molar refractivity (Wildman–Crippen MR) is 66.3 cm³/mol. The summed E-state index contributed by atoms with van der Waals surface area (Å²) in [7, 11) is 0. The molecule has 0 spiro atoms. The average Bonchev–Trinajstić information content (AvgIpc) is 2.61. The van der Waals surface area contributed by atoms with E-state index in [1.54, 1.807) is 0 Å². The summed E-state index contributed by atoms with van der Waals surface area (Å²) in [6.45, 7) is 11.0. The number of amides is 1. The van der Waals surface area contributed by atoms with Gasteiger partial charge in [0.2, 0.25) is 5.91 Å². The van der Waals surface area contributed by atoms with Gasteiger partial charge in [-0.15, -0.1) is 0 Å². The molecular weight excluding hydrogens is 202 g/mol. The molecule has 0 aromatic heterocycles. The van der Waals surface area contributed by atoms with Crippen molar-refractivity contribution >= 4 is 5.91 Å². The summed E-state index contributed by atoms with van der Waals surface area (Å²) in [5.74, 6) is 0.599. The van der Waals surface area contributed by atoms with Crippen molar-refractivity contribution in [2.24, 2.45) is 5.92 Å². The SMILES string of the molecule is CC(C)CNC(=O)C(C)NC1(C)CCNC1. The van der Waals surface area contributed by atoms with Crippen molar-refractivity contribution in [2.75, 3.05) is 19.6 Å². The van der Waals surface area contributed by atoms with E-state index in [1.165, 1.54) is 0 Å². The molecule has 0 saturated carbocycles. The van der Waals surface area contributed by atoms with Crippen LogP contribution < -0.4 is 16.0 Å². The Labute approximate surface area is 98.6 Å². The minimum atomic E-state index is -0.122. The second-order valence-corrected chi connectivity index (χ2v) is 5.49. The van der Waals surface area contributed by atoms with Crippen LogP contribution in [0.15, 0.2) is 0 Å². The molecule has 1 amide bonds. The Kier molecular flexibility index (Phi) is 4.74. The molecule has 2 atom stereocenters. The standard InChI is InChI=1S/C12H25N3O/c1-9(2)7-14-11(16)10(3)15-12(4)5-6-13-8-12/h9-10,13,15H,5-8H2,1-4H3,(H,14,16). The maximum Gasteiger partial charge on any atom is 0.236 e. The quantitative estimate of drug-likeness (QED) is 0.641. The molecule has 0 bridgehead atoms. The lowest BCUT2D eigenvalue weighted by Crippen LogP contribution is -2.54. The van der Waals surface area contributed by atoms with Gasteiger partial charge in [0.1, 0.15) is 0 Å². The summed E-state index contributed by atoms with van der Waals surface area (Å²) in [6.07, 6.45) is 1.08. The van der Waals surface area contributed by atoms with Gasteiger partial charge >= 0.3 is 0 Å². The third-order valence-corrected chi connectivity index (χ3v) is 3.01. The summed E-state index contributed by atoms with van der Waals surface area (Å²) in [4.78, 5) is 11.8. The van der Waals surface area contributed by atoms with Gasteiger partial charge in [0.25, 0.3) is 0 Å². The fourth-order valence-corrected chi connectivity index (χ4v) is 1.99. The zero-order valence-corrected chi connectivity index (χ0v) is 10.9. The summed E-state index contributed by atoms with van der Waals surface area (Å²) in [5, 5.41) is 9.67. The normalized spacial score (nSPS) is 27.1. The lowest BCUT2D eigenvalue weighted by molar-refractivity contribution is -0.123. The van der Waals surface area contributed by atoms with E-state index in [9.17, 15) is 4.79 Å². The molecule has 3 N–H and O–H groups in total. The molecule has 16 heavy (non-hydrogen) atoms. The zero-order chi connectivity index (χ0) is 12.2. The molecular formula is C12H25N3O. The van der Waals surface area contributed by atoms with Crippen LogP contribution in [-0.2, 0) is 4.79 Å². The van der Waals surface area contributed by atoms with Crippen LogP contribution in [0.2, 0.25) is 0 Å². The summed E-state index contributed by atoms with van der Waals surface area (Å²) >= 11 is 0. The lowest BCUT2D eigenvalue weighted by Gasteiger charge is -2.28. The summed E-state index contributed by atoms with van der Waals surface area (Å²) in [6, 6.07) is -0.122. The molecule has 1 heterocycles. The highest BCUT2D eigenvalue weighted by Gasteiger charge is 2.31. The number of carbonyl (C=O) groups is 1. The van der Waals surface area contributed by atoms with Gasteiger partial charge in [-0.05, 0) is 32.7 Å². The van der Waals surface area contributed by atoms with E-state index in [4.69, 9.17) is 0 Å². The lowest BCUT2D eigenvalue weighted by atomic mass is 10.0. The van der Waals surface area contributed by atoms with Crippen LogP contribution in [0.3, 0.4) is 0 Å². The molecule has 1 fully saturated rings. The Morgan fingerprint density at radius 2 is 2.12 bits per heavy atom. The highest BCUT2D eigenvalue weighted by molar-refractivity contribution is 5.81. The van der Waals surface area contributed by atoms with Crippen molar-refractivity contribution in [2.45, 2.75) is 45.7 Å². The molecule has 1 aliphatic rings. The first-order chi connectivity index (χ1) is 7.43. The second kappa shape index (κ2) is 5.64. The number of hydrogen-bond donors (Lipinski definition) is 3. The molecule has 0 aliphatic carbocycles. The molecule has 0 aromatic carbocycles. The Morgan fingerprint density at radius 3 is 2.62 bits per heavy atom. The van der Waals surface area contributed by atoms with E-state index in [1.807, 2.05) is 6.92 Å². The Hall–Kier alpha value is -0.610. The zero-order valence-electron chi connectivity index (χ0n) is 10.9. The first-order valence-corrected chi connectivity index (χ1v) is 6.19. The Morgan fingerprint density at radius 1 is 1.44 bits per heavy atom. The van der Waals surface area contributed by atoms with Gasteiger partial charge in [-0.25, -0.2) is 0 Å². The van der Waals surface area contributed by atoms with Gasteiger partial charge in [-0.1, -0.05) is 13.8 Å². The summed E-state index contributed by atoms with van der Waals surface area (Å²) in [5.41, 5.74) is 0.0641. The van der Waals surface area contributed by atoms with Crippen LogP contribution in [0.5, 0.6) is 0 Å². The molecule has 0 aromatic rings. The Bertz CT molecular complexity index is 234. The summed E-state index contributed by atoms with van der Waals surface area (Å²) < 4.78 is 0. The fourth-order valence-electron chi connectivity index (χ4n) is 1.99. The second-order valence-electron chi connectivity index (χ2n) is 5.49. The fraction of sp³-hybridized carbons (Fsp3) is 0.917. The molecule has 4 heteroatoms. The van der Waals surface area contributed by atoms with E-state index in [-0.39, 0.29) is 17.5 Å². The van der Waals surface area contributed by atoms with Crippen molar-refractivity contribution in [1.82, 2.24) is 16.0 Å². The topological polar surface area (TPSA) is 53.2 Å². The largest absolute Gasteiger partial charge is 0.354 e. The van der Waals surface area contributed by atoms with E-state index in [0.717, 1.165) is 26.1 Å². The minimum Gasteiger partial charge on any atom is -0.354 e. The molecule has 4 nitrogen and oxygen atoms in total. The van der Waals surface area contributed by atoms with Crippen LogP contribution >= 0.6 is 0 Å². The molecule has 1 rings (SSSR count). The number of carbonyl (C=O) groups excluding carboxylic acids is 1. The van der Waals surface area contributed by atoms with Crippen LogP contribution in [0, 0.1) is 5.92 Å². The predicted octanol–water partition coefficient (Wildman–Crippen LogP) is 0.489. The van der Waals surface area contributed by atoms with Crippen LogP contribution in [0.4, 0.5) is 0 Å². The highest BCUT2D eigenvalue weighted by Crippen LogP contribution is 2.13. The number of nitrogens with one attached hydrogen (secondary N) is 3. The molecule has 0 radical (unpaired) electrons. The highest BCUT2D eigenvalue weighted by atomic mass is 16.2. The molecule has 1 saturated heterocycles. The molecule has 94 valence electrons. The smallest absolute Gasteiger partial charge is 0.236 e. The van der Waals surface area contributed by atoms with Gasteiger partial charge < -0.3 is 10.6 Å². The van der Waals surface area contributed by atoms with Gasteiger partial charge in [-0.3, -0.25) is 10.1 Å². The van der Waals surface area contributed by atoms with Crippen molar-refractivity contribution in [3.8, 4) is 0 Å². The van der Waals surface area contributed by atoms with E-state index >= 15 is 0 Å². The van der Waals surface area contributed by atoms with Gasteiger partial charge in [0.05, 0.1) is 6.04 Å². The minimum absolute atomic E-state index is 0.0641. The molecule has 1 aliphatic heterocycles. The van der Waals surface area contributed by atoms with Gasteiger partial charge in [-0.2, -0.15) is 0 Å². The van der Waals surface area contributed by atoms with Crippen molar-refractivity contribution in [3.05, 3.63) is 0 Å². The first kappa shape index (κ1) is 13.5. The Balaban J connectivity index is 2.33. The van der Waals surface area contributed by atoms with Crippen molar-refractivity contribution in [1.29, 1.82) is 0 Å². The van der Waals surface area contributed by atoms with E-state index < -0.39 is 0 Å². The van der Waals surface area contributed by atoms with Gasteiger partial charge in [0, 0.05) is 18.6 Å². The third-order valence-electron chi connectivity index (χ3n) is 3.01. The van der Waals surface area contributed by atoms with E-state index in [0.29, 0.717) is 5.92 Å². The number of rotatable bonds is 5. The van der Waals surface area contributed by atoms with E-state index in [2.05, 4.69) is 36.7 Å². The molecule has 2 unspecified atom stereocenters. The average molecular weight is 227 g/mol. The van der Waals surface area contributed by atoms with Crippen LogP contribution in [0.25, 0.3) is 0 Å². The third kappa shape index (κ3) is 4.10. The maximum absolute atomic E-state index is 11.8. The monoisotopic (exact) mass is 227 g/mol. The van der Waals surface area contributed by atoms with Crippen molar-refractivity contribution < 1.29 is 4.79 Å². The number of hydrogen-bond acceptors (Lipinski definition) is 3. The first-order valence-electron chi connectivity index (χ1n) is 6.19. The van der Waals surface area contributed by atoms with Crippen molar-refractivity contribution in [3.63, 3.8) is 0 Å².